The van der Waals surface area contributed by atoms with Gasteiger partial charge in [0, 0.05) is 24.2 Å². The largest absolute Gasteiger partial charge is 0.337 e. The molecule has 0 spiro atoms. The van der Waals surface area contributed by atoms with E-state index in [1.165, 1.54) is 37.0 Å². The highest BCUT2D eigenvalue weighted by atomic mass is 35.5. The normalized spacial score (nSPS) is 12.5. The van der Waals surface area contributed by atoms with Crippen molar-refractivity contribution in [3.05, 3.63) is 52.5 Å². The fraction of sp³-hybridized carbons (Fsp3) is 0.500. The Hall–Kier alpha value is -0.640. The van der Waals surface area contributed by atoms with Gasteiger partial charge in [0.15, 0.2) is 0 Å². The lowest BCUT2D eigenvalue weighted by Gasteiger charge is -2.18. The SMILES string of the molecule is CCCCCCSC(CCn1ccnc1)c1ccc(Cl)c(Cl)c1. The van der Waals surface area contributed by atoms with Crippen LogP contribution in [0.25, 0.3) is 0 Å². The third kappa shape index (κ3) is 6.40. The second-order valence-electron chi connectivity index (χ2n) is 5.68. The molecule has 0 radical (unpaired) electrons. The van der Waals surface area contributed by atoms with Gasteiger partial charge in [0.1, 0.15) is 0 Å². The Bertz CT molecular complexity index is 572. The Morgan fingerprint density at radius 3 is 2.74 bits per heavy atom. The molecule has 1 heterocycles. The Balaban J connectivity index is 1.96. The summed E-state index contributed by atoms with van der Waals surface area (Å²) in [6.45, 7) is 3.21. The molecule has 0 fully saturated rings. The minimum Gasteiger partial charge on any atom is -0.337 e. The maximum atomic E-state index is 6.20. The van der Waals surface area contributed by atoms with Crippen molar-refractivity contribution in [1.82, 2.24) is 9.55 Å². The monoisotopic (exact) mass is 370 g/mol. The van der Waals surface area contributed by atoms with Gasteiger partial charge in [0.25, 0.3) is 0 Å². The average molecular weight is 371 g/mol. The van der Waals surface area contributed by atoms with Gasteiger partial charge in [-0.1, -0.05) is 55.5 Å². The van der Waals surface area contributed by atoms with Crippen LogP contribution in [0.4, 0.5) is 0 Å². The van der Waals surface area contributed by atoms with Crippen LogP contribution in [0.5, 0.6) is 0 Å². The molecule has 0 aliphatic heterocycles. The van der Waals surface area contributed by atoms with Gasteiger partial charge in [-0.15, -0.1) is 0 Å². The summed E-state index contributed by atoms with van der Waals surface area (Å²) >= 11 is 14.3. The van der Waals surface area contributed by atoms with Gasteiger partial charge in [0.05, 0.1) is 16.4 Å². The number of unbranched alkanes of at least 4 members (excludes halogenated alkanes) is 3. The molecule has 0 aliphatic carbocycles. The average Bonchev–Trinajstić information content (AvgIpc) is 3.06. The van der Waals surface area contributed by atoms with E-state index in [1.54, 1.807) is 0 Å². The first-order valence-corrected chi connectivity index (χ1v) is 10.0. The first-order chi connectivity index (χ1) is 11.2. The fourth-order valence-electron chi connectivity index (χ4n) is 2.50. The predicted molar refractivity (Wildman–Crippen MR) is 103 cm³/mol. The van der Waals surface area contributed by atoms with Crippen LogP contribution in [-0.2, 0) is 6.54 Å². The Labute approximate surface area is 153 Å². The molecule has 2 nitrogen and oxygen atoms in total. The van der Waals surface area contributed by atoms with Crippen LogP contribution >= 0.6 is 35.0 Å². The molecular weight excluding hydrogens is 347 g/mol. The molecule has 1 unspecified atom stereocenters. The first-order valence-electron chi connectivity index (χ1n) is 8.23. The van der Waals surface area contributed by atoms with E-state index in [0.717, 1.165) is 13.0 Å². The molecule has 1 aromatic heterocycles. The van der Waals surface area contributed by atoms with E-state index in [2.05, 4.69) is 22.5 Å². The van der Waals surface area contributed by atoms with Crippen LogP contribution in [0.1, 0.15) is 49.8 Å². The third-order valence-corrected chi connectivity index (χ3v) is 6.01. The molecule has 0 saturated heterocycles. The van der Waals surface area contributed by atoms with Gasteiger partial charge in [-0.2, -0.15) is 11.8 Å². The lowest BCUT2D eigenvalue weighted by atomic mass is 10.1. The molecule has 5 heteroatoms. The second-order valence-corrected chi connectivity index (χ2v) is 7.81. The molecule has 0 aliphatic rings. The Morgan fingerprint density at radius 1 is 1.17 bits per heavy atom. The van der Waals surface area contributed by atoms with E-state index in [-0.39, 0.29) is 0 Å². The van der Waals surface area contributed by atoms with Gasteiger partial charge < -0.3 is 4.57 Å². The maximum absolute atomic E-state index is 6.20. The number of imidazole rings is 1. The van der Waals surface area contributed by atoms with Crippen LogP contribution in [-0.4, -0.2) is 15.3 Å². The van der Waals surface area contributed by atoms with Crippen LogP contribution in [0.3, 0.4) is 0 Å². The van der Waals surface area contributed by atoms with Crippen molar-refractivity contribution in [3.63, 3.8) is 0 Å². The number of hydrogen-bond donors (Lipinski definition) is 0. The number of thioether (sulfide) groups is 1. The van der Waals surface area contributed by atoms with Crippen molar-refractivity contribution in [1.29, 1.82) is 0 Å². The predicted octanol–water partition coefficient (Wildman–Crippen LogP) is 6.63. The van der Waals surface area contributed by atoms with Crippen LogP contribution in [0.2, 0.25) is 10.0 Å². The van der Waals surface area contributed by atoms with E-state index in [1.807, 2.05) is 42.6 Å². The third-order valence-electron chi connectivity index (χ3n) is 3.84. The Morgan fingerprint density at radius 2 is 2.04 bits per heavy atom. The van der Waals surface area contributed by atoms with Gasteiger partial charge in [-0.05, 0) is 36.3 Å². The first kappa shape index (κ1) is 18.7. The van der Waals surface area contributed by atoms with Crippen molar-refractivity contribution in [3.8, 4) is 0 Å². The number of rotatable bonds is 10. The van der Waals surface area contributed by atoms with Crippen LogP contribution in [0, 0.1) is 0 Å². The lowest BCUT2D eigenvalue weighted by Crippen LogP contribution is -2.02. The molecule has 0 N–H and O–H groups in total. The van der Waals surface area contributed by atoms with E-state index < -0.39 is 0 Å². The molecule has 0 bridgehead atoms. The summed E-state index contributed by atoms with van der Waals surface area (Å²) in [6.07, 6.45) is 12.0. The molecule has 1 atom stereocenters. The van der Waals surface area contributed by atoms with Crippen molar-refractivity contribution < 1.29 is 0 Å². The molecule has 0 amide bonds. The van der Waals surface area contributed by atoms with Gasteiger partial charge in [0.2, 0.25) is 0 Å². The summed E-state index contributed by atoms with van der Waals surface area (Å²) in [5.74, 6) is 1.19. The van der Waals surface area contributed by atoms with E-state index in [9.17, 15) is 0 Å². The summed E-state index contributed by atoms with van der Waals surface area (Å²) in [4.78, 5) is 4.11. The molecule has 1 aromatic carbocycles. The zero-order valence-electron chi connectivity index (χ0n) is 13.5. The van der Waals surface area contributed by atoms with Crippen molar-refractivity contribution in [2.24, 2.45) is 0 Å². The van der Waals surface area contributed by atoms with E-state index in [4.69, 9.17) is 23.2 Å². The maximum Gasteiger partial charge on any atom is 0.0945 e. The summed E-state index contributed by atoms with van der Waals surface area (Å²) < 4.78 is 2.13. The number of halogens is 2. The number of hydrogen-bond acceptors (Lipinski definition) is 2. The molecule has 2 aromatic rings. The molecule has 23 heavy (non-hydrogen) atoms. The van der Waals surface area contributed by atoms with Crippen molar-refractivity contribution in [2.45, 2.75) is 50.8 Å². The molecule has 126 valence electrons. The minimum absolute atomic E-state index is 0.439. The van der Waals surface area contributed by atoms with Gasteiger partial charge in [-0.25, -0.2) is 4.98 Å². The highest BCUT2D eigenvalue weighted by Crippen LogP contribution is 2.36. The number of aryl methyl sites for hydroxylation is 1. The summed E-state index contributed by atoms with van der Waals surface area (Å²) in [5, 5.41) is 1.70. The smallest absolute Gasteiger partial charge is 0.0945 e. The summed E-state index contributed by atoms with van der Waals surface area (Å²) in [7, 11) is 0. The summed E-state index contributed by atoms with van der Waals surface area (Å²) in [6, 6.07) is 6.02. The standard InChI is InChI=1S/C18H24Cl2N2S/c1-2-3-4-5-12-23-18(8-10-22-11-9-21-14-22)15-6-7-16(19)17(20)13-15/h6-7,9,11,13-14,18H,2-5,8,10,12H2,1H3. The molecular formula is C18H24Cl2N2S. The zero-order valence-corrected chi connectivity index (χ0v) is 15.9. The highest BCUT2D eigenvalue weighted by Gasteiger charge is 2.14. The van der Waals surface area contributed by atoms with Gasteiger partial charge in [-0.3, -0.25) is 0 Å². The highest BCUT2D eigenvalue weighted by molar-refractivity contribution is 7.99. The number of benzene rings is 1. The lowest BCUT2D eigenvalue weighted by molar-refractivity contribution is 0.633. The quantitative estimate of drug-likeness (QED) is 0.436. The van der Waals surface area contributed by atoms with Crippen LogP contribution in [0.15, 0.2) is 36.9 Å². The van der Waals surface area contributed by atoms with Crippen molar-refractivity contribution >= 4 is 35.0 Å². The summed E-state index contributed by atoms with van der Waals surface area (Å²) in [5.41, 5.74) is 1.26. The van der Waals surface area contributed by atoms with E-state index in [0.29, 0.717) is 15.3 Å². The van der Waals surface area contributed by atoms with Crippen molar-refractivity contribution in [2.75, 3.05) is 5.75 Å². The minimum atomic E-state index is 0.439. The van der Waals surface area contributed by atoms with E-state index >= 15 is 0 Å². The second kappa shape index (κ2) is 10.3. The molecule has 2 rings (SSSR count). The number of aromatic nitrogens is 2. The fourth-order valence-corrected chi connectivity index (χ4v) is 4.07. The van der Waals surface area contributed by atoms with Gasteiger partial charge >= 0.3 is 0 Å². The topological polar surface area (TPSA) is 17.8 Å². The zero-order chi connectivity index (χ0) is 16.5. The molecule has 0 saturated carbocycles. The number of nitrogens with zero attached hydrogens (tertiary/aromatic N) is 2. The Kier molecular flexibility index (Phi) is 8.35. The van der Waals surface area contributed by atoms with Crippen LogP contribution < -0.4 is 0 Å².